The molecule has 0 bridgehead atoms. The highest BCUT2D eigenvalue weighted by molar-refractivity contribution is 7.92. The molecule has 8 nitrogen and oxygen atoms in total. The molecule has 0 fully saturated rings. The molecular formula is C33H50N4O4S. The van der Waals surface area contributed by atoms with E-state index in [-0.39, 0.29) is 17.2 Å². The maximum atomic E-state index is 13.8. The Kier molecular flexibility index (Phi) is 10.3. The molecule has 1 aromatic carbocycles. The molecule has 1 aliphatic carbocycles. The number of sulfonamides is 1. The number of amides is 1. The van der Waals surface area contributed by atoms with Gasteiger partial charge in [-0.15, -0.1) is 0 Å². The van der Waals surface area contributed by atoms with Crippen LogP contribution in [-0.2, 0) is 23.0 Å². The van der Waals surface area contributed by atoms with Gasteiger partial charge in [0.1, 0.15) is 0 Å². The number of rotatable bonds is 13. The molecule has 0 spiro atoms. The molecule has 0 saturated carbocycles. The first-order chi connectivity index (χ1) is 19.8. The zero-order valence-corrected chi connectivity index (χ0v) is 27.1. The van der Waals surface area contributed by atoms with E-state index in [0.29, 0.717) is 43.1 Å². The molecule has 0 radical (unpaired) electrons. The Balaban J connectivity index is 1.59. The molecule has 2 aromatic rings. The fourth-order valence-corrected chi connectivity index (χ4v) is 7.24. The van der Waals surface area contributed by atoms with Gasteiger partial charge in [0.15, 0.2) is 0 Å². The maximum Gasteiger partial charge on any atom is 0.251 e. The molecule has 1 aliphatic heterocycles. The number of nitrogens with zero attached hydrogens (tertiary/aromatic N) is 2. The smallest absolute Gasteiger partial charge is 0.251 e. The zero-order valence-electron chi connectivity index (χ0n) is 26.2. The van der Waals surface area contributed by atoms with Crippen molar-refractivity contribution in [2.45, 2.75) is 104 Å². The third-order valence-corrected chi connectivity index (χ3v) is 10.5. The molecule has 2 atom stereocenters. The molecule has 1 amide bonds. The summed E-state index contributed by atoms with van der Waals surface area (Å²) in [5.74, 6) is 0.371. The van der Waals surface area contributed by atoms with E-state index in [1.54, 1.807) is 13.1 Å². The number of hydrogen-bond donors (Lipinski definition) is 3. The quantitative estimate of drug-likeness (QED) is 0.290. The molecular weight excluding hydrogens is 548 g/mol. The lowest BCUT2D eigenvalue weighted by molar-refractivity contribution is 0.0811. The predicted octanol–water partition coefficient (Wildman–Crippen LogP) is 5.30. The number of aliphatic hydroxyl groups excluding tert-OH is 1. The van der Waals surface area contributed by atoms with Crippen LogP contribution in [0.25, 0.3) is 10.9 Å². The molecule has 1 aromatic heterocycles. The van der Waals surface area contributed by atoms with Gasteiger partial charge < -0.3 is 20.3 Å². The van der Waals surface area contributed by atoms with Crippen LogP contribution in [0.1, 0.15) is 89.1 Å². The highest BCUT2D eigenvalue weighted by atomic mass is 32.2. The Morgan fingerprint density at radius 3 is 2.62 bits per heavy atom. The molecule has 0 saturated heterocycles. The van der Waals surface area contributed by atoms with Gasteiger partial charge in [0.2, 0.25) is 10.0 Å². The van der Waals surface area contributed by atoms with Crippen LogP contribution >= 0.6 is 0 Å². The number of benzene rings is 1. The van der Waals surface area contributed by atoms with Gasteiger partial charge in [-0.1, -0.05) is 50.5 Å². The molecule has 4 rings (SSSR count). The van der Waals surface area contributed by atoms with Gasteiger partial charge in [0.25, 0.3) is 5.91 Å². The summed E-state index contributed by atoms with van der Waals surface area (Å²) in [5, 5.41) is 19.0. The summed E-state index contributed by atoms with van der Waals surface area (Å²) in [7, 11) is -1.94. The topological polar surface area (TPSA) is 104 Å². The fraction of sp³-hybridized carbons (Fsp3) is 0.606. The SMILES string of the molecule is CCn1cc2c3c(cc(C(=O)N[C@@H](CC4=CC=CCC4)[C@H](O)CNC(C)(C)CCCC(C)C)cc31)N(C)S(=O)(=O)CC2. The standard InChI is InChI=1S/C33H50N4O4S/c1-7-37-22-25-15-17-42(40,41)36(6)28-19-26(20-29(37)31(25)28)32(39)35-27(18-24-13-9-8-10-14-24)30(38)21-34-33(4,5)16-11-12-23(2)3/h8-9,13,19-20,22-23,27,30,34,38H,7,10-12,14-18,21H2,1-6H3,(H,35,39)/t27-,30+/m0/s1. The first-order valence-corrected chi connectivity index (χ1v) is 17.1. The minimum absolute atomic E-state index is 0.0289. The second-order valence-electron chi connectivity index (χ2n) is 13.1. The average molecular weight is 599 g/mol. The van der Waals surface area contributed by atoms with Gasteiger partial charge in [-0.25, -0.2) is 8.42 Å². The normalized spacial score (nSPS) is 18.2. The van der Waals surface area contributed by atoms with Crippen molar-refractivity contribution in [3.8, 4) is 0 Å². The van der Waals surface area contributed by atoms with Crippen LogP contribution in [0.15, 0.2) is 42.1 Å². The zero-order chi connectivity index (χ0) is 30.7. The molecule has 0 unspecified atom stereocenters. The van der Waals surface area contributed by atoms with E-state index in [0.717, 1.165) is 42.1 Å². The summed E-state index contributed by atoms with van der Waals surface area (Å²) in [6, 6.07) is 3.04. The third kappa shape index (κ3) is 7.66. The monoisotopic (exact) mass is 598 g/mol. The molecule has 3 N–H and O–H groups in total. The van der Waals surface area contributed by atoms with Crippen LogP contribution in [0.4, 0.5) is 5.69 Å². The van der Waals surface area contributed by atoms with Gasteiger partial charge in [0, 0.05) is 42.8 Å². The van der Waals surface area contributed by atoms with Crippen LogP contribution < -0.4 is 14.9 Å². The van der Waals surface area contributed by atoms with E-state index in [9.17, 15) is 18.3 Å². The van der Waals surface area contributed by atoms with Crippen molar-refractivity contribution >= 4 is 32.5 Å². The summed E-state index contributed by atoms with van der Waals surface area (Å²) in [5.41, 5.74) is 3.80. The number of allylic oxidation sites excluding steroid dienone is 3. The summed E-state index contributed by atoms with van der Waals surface area (Å²) in [6.07, 6.45) is 13.6. The van der Waals surface area contributed by atoms with E-state index >= 15 is 0 Å². The number of aliphatic hydroxyl groups is 1. The Hall–Kier alpha value is -2.62. The molecule has 9 heteroatoms. The van der Waals surface area contributed by atoms with E-state index in [1.165, 1.54) is 16.3 Å². The number of nitrogens with one attached hydrogen (secondary N) is 2. The highest BCUT2D eigenvalue weighted by Crippen LogP contribution is 2.37. The second kappa shape index (κ2) is 13.3. The van der Waals surface area contributed by atoms with Crippen molar-refractivity contribution in [1.82, 2.24) is 15.2 Å². The van der Waals surface area contributed by atoms with Crippen molar-refractivity contribution in [3.63, 3.8) is 0 Å². The van der Waals surface area contributed by atoms with Crippen LogP contribution in [0.5, 0.6) is 0 Å². The number of aromatic nitrogens is 1. The van der Waals surface area contributed by atoms with E-state index in [2.05, 4.69) is 55.0 Å². The summed E-state index contributed by atoms with van der Waals surface area (Å²) >= 11 is 0. The largest absolute Gasteiger partial charge is 0.390 e. The summed E-state index contributed by atoms with van der Waals surface area (Å²) < 4.78 is 29.3. The van der Waals surface area contributed by atoms with Gasteiger partial charge in [-0.2, -0.15) is 0 Å². The second-order valence-corrected chi connectivity index (χ2v) is 15.2. The Morgan fingerprint density at radius 1 is 1.19 bits per heavy atom. The van der Waals surface area contributed by atoms with Gasteiger partial charge in [-0.05, 0) is 76.5 Å². The lowest BCUT2D eigenvalue weighted by Gasteiger charge is -2.31. The van der Waals surface area contributed by atoms with E-state index in [1.807, 2.05) is 25.3 Å². The van der Waals surface area contributed by atoms with Crippen molar-refractivity contribution in [2.75, 3.05) is 23.7 Å². The van der Waals surface area contributed by atoms with E-state index in [4.69, 9.17) is 0 Å². The Labute approximate surface area is 252 Å². The van der Waals surface area contributed by atoms with Gasteiger partial charge in [0.05, 0.1) is 29.1 Å². The number of β-amino-alcohol motifs (C(OH)–C–C–N with tert-alkyl or cyclic N) is 1. The van der Waals surface area contributed by atoms with Crippen LogP contribution in [0.2, 0.25) is 0 Å². The number of carbonyl (C=O) groups is 1. The van der Waals surface area contributed by atoms with Gasteiger partial charge in [-0.3, -0.25) is 9.10 Å². The lowest BCUT2D eigenvalue weighted by atomic mass is 9.92. The van der Waals surface area contributed by atoms with Crippen molar-refractivity contribution in [1.29, 1.82) is 0 Å². The number of aryl methyl sites for hydroxylation is 2. The third-order valence-electron chi connectivity index (χ3n) is 8.76. The van der Waals surface area contributed by atoms with Crippen LogP contribution in [-0.4, -0.2) is 61.0 Å². The van der Waals surface area contributed by atoms with Crippen molar-refractivity contribution < 1.29 is 18.3 Å². The number of hydrogen-bond acceptors (Lipinski definition) is 5. The first-order valence-electron chi connectivity index (χ1n) is 15.5. The van der Waals surface area contributed by atoms with Crippen LogP contribution in [0.3, 0.4) is 0 Å². The number of carbonyl (C=O) groups excluding carboxylic acids is 1. The molecule has 42 heavy (non-hydrogen) atoms. The summed E-state index contributed by atoms with van der Waals surface area (Å²) in [6.45, 7) is 11.9. The molecule has 2 heterocycles. The fourth-order valence-electron chi connectivity index (χ4n) is 6.05. The average Bonchev–Trinajstić information content (AvgIpc) is 3.27. The Morgan fingerprint density at radius 2 is 1.95 bits per heavy atom. The first kappa shape index (κ1) is 32.3. The lowest BCUT2D eigenvalue weighted by Crippen LogP contribution is -2.51. The van der Waals surface area contributed by atoms with Crippen LogP contribution in [0, 0.1) is 5.92 Å². The maximum absolute atomic E-state index is 13.8. The number of anilines is 1. The van der Waals surface area contributed by atoms with E-state index < -0.39 is 22.2 Å². The highest BCUT2D eigenvalue weighted by Gasteiger charge is 2.30. The molecule has 2 aliphatic rings. The minimum atomic E-state index is -3.50. The molecule has 232 valence electrons. The summed E-state index contributed by atoms with van der Waals surface area (Å²) in [4.78, 5) is 13.8. The van der Waals surface area contributed by atoms with Gasteiger partial charge >= 0.3 is 0 Å². The predicted molar refractivity (Wildman–Crippen MR) is 173 cm³/mol. The van der Waals surface area contributed by atoms with Crippen molar-refractivity contribution in [3.05, 3.63) is 53.3 Å². The Bertz CT molecular complexity index is 1440. The minimum Gasteiger partial charge on any atom is -0.390 e. The van der Waals surface area contributed by atoms with Crippen molar-refractivity contribution in [2.24, 2.45) is 5.92 Å².